The summed E-state index contributed by atoms with van der Waals surface area (Å²) in [6.45, 7) is 4.40. The SMILES string of the molecule is Cc1cc(S(=O)(=O)N2CCC(Cc3ccccc3)(c3cc4cnn(-c5cnn(C)c5)c4cc3C)C2)ccc1F. The standard InChI is InChI=1S/C30H30FN5O2S/c1-21-14-29-24(17-33-36(29)25-18-32-34(3)19-25)15-27(21)30(16-23-7-5-4-6-8-23)11-12-35(20-30)39(37,38)26-9-10-28(31)22(2)13-26/h4-10,13-15,17-19H,11-12,16,20H2,1-3H3. The maximum absolute atomic E-state index is 13.9. The van der Waals surface area contributed by atoms with Crippen LogP contribution in [-0.4, -0.2) is 45.4 Å². The Balaban J connectivity index is 1.44. The molecule has 1 unspecified atom stereocenters. The van der Waals surface area contributed by atoms with Crippen LogP contribution in [0.15, 0.2) is 84.1 Å². The van der Waals surface area contributed by atoms with E-state index < -0.39 is 21.3 Å². The van der Waals surface area contributed by atoms with Gasteiger partial charge in [-0.3, -0.25) is 4.68 Å². The van der Waals surface area contributed by atoms with Gasteiger partial charge in [-0.1, -0.05) is 30.3 Å². The largest absolute Gasteiger partial charge is 0.274 e. The first-order chi connectivity index (χ1) is 18.7. The third-order valence-corrected chi connectivity index (χ3v) is 9.73. The second-order valence-electron chi connectivity index (χ2n) is 10.6. The molecule has 9 heteroatoms. The maximum Gasteiger partial charge on any atom is 0.243 e. The molecule has 1 fully saturated rings. The molecule has 6 rings (SSSR count). The van der Waals surface area contributed by atoms with E-state index in [1.807, 2.05) is 42.3 Å². The summed E-state index contributed by atoms with van der Waals surface area (Å²) in [6, 6.07) is 18.5. The van der Waals surface area contributed by atoms with Crippen LogP contribution >= 0.6 is 0 Å². The Kier molecular flexibility index (Phi) is 6.15. The maximum atomic E-state index is 13.9. The molecular weight excluding hydrogens is 513 g/mol. The van der Waals surface area contributed by atoms with E-state index in [2.05, 4.69) is 41.4 Å². The van der Waals surface area contributed by atoms with Gasteiger partial charge in [0.25, 0.3) is 0 Å². The van der Waals surface area contributed by atoms with E-state index in [1.165, 1.54) is 18.2 Å². The Labute approximate surface area is 227 Å². The first kappa shape index (κ1) is 25.5. The number of benzene rings is 3. The van der Waals surface area contributed by atoms with Gasteiger partial charge in [0.05, 0.1) is 29.0 Å². The van der Waals surface area contributed by atoms with Gasteiger partial charge in [0.1, 0.15) is 11.5 Å². The number of aryl methyl sites for hydroxylation is 3. The first-order valence-corrected chi connectivity index (χ1v) is 14.4. The Morgan fingerprint density at radius 2 is 1.77 bits per heavy atom. The molecular formula is C30H30FN5O2S. The van der Waals surface area contributed by atoms with Gasteiger partial charge >= 0.3 is 0 Å². The van der Waals surface area contributed by atoms with E-state index in [0.717, 1.165) is 33.3 Å². The van der Waals surface area contributed by atoms with Crippen molar-refractivity contribution in [2.24, 2.45) is 7.05 Å². The van der Waals surface area contributed by atoms with Crippen molar-refractivity contribution < 1.29 is 12.8 Å². The van der Waals surface area contributed by atoms with Gasteiger partial charge in [0, 0.05) is 30.9 Å². The summed E-state index contributed by atoms with van der Waals surface area (Å²) in [7, 11) is -1.92. The van der Waals surface area contributed by atoms with E-state index in [-0.39, 0.29) is 4.90 Å². The molecule has 0 bridgehead atoms. The fourth-order valence-electron chi connectivity index (χ4n) is 5.89. The van der Waals surface area contributed by atoms with Crippen LogP contribution in [0.2, 0.25) is 0 Å². The normalized spacial score (nSPS) is 18.3. The van der Waals surface area contributed by atoms with Crippen LogP contribution in [0, 0.1) is 19.7 Å². The Morgan fingerprint density at radius 3 is 2.49 bits per heavy atom. The number of hydrogen-bond acceptors (Lipinski definition) is 4. The second kappa shape index (κ2) is 9.43. The van der Waals surface area contributed by atoms with Gasteiger partial charge in [-0.25, -0.2) is 17.5 Å². The number of aromatic nitrogens is 4. The average molecular weight is 544 g/mol. The van der Waals surface area contributed by atoms with E-state index in [4.69, 9.17) is 0 Å². The van der Waals surface area contributed by atoms with Crippen LogP contribution in [-0.2, 0) is 28.9 Å². The van der Waals surface area contributed by atoms with E-state index >= 15 is 0 Å². The highest BCUT2D eigenvalue weighted by atomic mass is 32.2. The highest BCUT2D eigenvalue weighted by molar-refractivity contribution is 7.89. The summed E-state index contributed by atoms with van der Waals surface area (Å²) in [5.74, 6) is -0.412. The van der Waals surface area contributed by atoms with E-state index in [0.29, 0.717) is 31.5 Å². The Bertz CT molecular complexity index is 1790. The predicted octanol–water partition coefficient (Wildman–Crippen LogP) is 5.09. The minimum absolute atomic E-state index is 0.127. The van der Waals surface area contributed by atoms with Crippen LogP contribution in [0.5, 0.6) is 0 Å². The summed E-state index contributed by atoms with van der Waals surface area (Å²) >= 11 is 0. The Morgan fingerprint density at radius 1 is 0.974 bits per heavy atom. The lowest BCUT2D eigenvalue weighted by Crippen LogP contribution is -2.36. The molecule has 0 saturated carbocycles. The van der Waals surface area contributed by atoms with Gasteiger partial charge in [-0.2, -0.15) is 14.5 Å². The lowest BCUT2D eigenvalue weighted by Gasteiger charge is -2.32. The summed E-state index contributed by atoms with van der Waals surface area (Å²) in [4.78, 5) is 0.127. The molecule has 200 valence electrons. The van der Waals surface area contributed by atoms with E-state index in [9.17, 15) is 12.8 Å². The lowest BCUT2D eigenvalue weighted by atomic mass is 9.73. The van der Waals surface area contributed by atoms with Gasteiger partial charge in [0.2, 0.25) is 10.0 Å². The molecule has 39 heavy (non-hydrogen) atoms. The third-order valence-electron chi connectivity index (χ3n) is 7.89. The average Bonchev–Trinajstić information content (AvgIpc) is 3.64. The topological polar surface area (TPSA) is 73.0 Å². The molecule has 7 nitrogen and oxygen atoms in total. The molecule has 1 saturated heterocycles. The third kappa shape index (κ3) is 4.45. The highest BCUT2D eigenvalue weighted by Gasteiger charge is 2.45. The van der Waals surface area contributed by atoms with E-state index in [1.54, 1.807) is 22.1 Å². The number of hydrogen-bond donors (Lipinski definition) is 0. The van der Waals surface area contributed by atoms with Crippen molar-refractivity contribution in [1.29, 1.82) is 0 Å². The number of sulfonamides is 1. The zero-order valence-corrected chi connectivity index (χ0v) is 23.0. The lowest BCUT2D eigenvalue weighted by molar-refractivity contribution is 0.413. The molecule has 3 aromatic carbocycles. The summed E-state index contributed by atoms with van der Waals surface area (Å²) in [5.41, 5.74) is 5.10. The summed E-state index contributed by atoms with van der Waals surface area (Å²) in [5, 5.41) is 9.90. The first-order valence-electron chi connectivity index (χ1n) is 12.9. The van der Waals surface area contributed by atoms with Crippen LogP contribution in [0.3, 0.4) is 0 Å². The quantitative estimate of drug-likeness (QED) is 0.299. The zero-order chi connectivity index (χ0) is 27.4. The molecule has 1 atom stereocenters. The van der Waals surface area contributed by atoms with Crippen molar-refractivity contribution in [3.05, 3.63) is 107 Å². The molecule has 0 radical (unpaired) electrons. The molecule has 2 aromatic heterocycles. The van der Waals surface area contributed by atoms with Gasteiger partial charge in [-0.15, -0.1) is 0 Å². The van der Waals surface area contributed by atoms with Crippen molar-refractivity contribution in [2.75, 3.05) is 13.1 Å². The van der Waals surface area contributed by atoms with Crippen molar-refractivity contribution >= 4 is 20.9 Å². The minimum atomic E-state index is -3.79. The number of fused-ring (bicyclic) bond motifs is 1. The monoisotopic (exact) mass is 543 g/mol. The number of rotatable bonds is 6. The smallest absolute Gasteiger partial charge is 0.243 e. The summed E-state index contributed by atoms with van der Waals surface area (Å²) < 4.78 is 46.5. The molecule has 1 aliphatic rings. The van der Waals surface area contributed by atoms with Crippen molar-refractivity contribution in [2.45, 2.75) is 37.0 Å². The molecule has 1 aliphatic heterocycles. The zero-order valence-electron chi connectivity index (χ0n) is 22.2. The van der Waals surface area contributed by atoms with Crippen molar-refractivity contribution in [1.82, 2.24) is 23.9 Å². The molecule has 0 amide bonds. The molecule has 5 aromatic rings. The van der Waals surface area contributed by atoms with Gasteiger partial charge < -0.3 is 0 Å². The van der Waals surface area contributed by atoms with Crippen LogP contribution < -0.4 is 0 Å². The highest BCUT2D eigenvalue weighted by Crippen LogP contribution is 2.42. The van der Waals surface area contributed by atoms with Crippen molar-refractivity contribution in [3.8, 4) is 5.69 Å². The fourth-order valence-corrected chi connectivity index (χ4v) is 7.50. The molecule has 0 spiro atoms. The van der Waals surface area contributed by atoms with Crippen LogP contribution in [0.4, 0.5) is 4.39 Å². The molecule has 0 aliphatic carbocycles. The number of halogens is 1. The second-order valence-corrected chi connectivity index (χ2v) is 12.5. The Hall–Kier alpha value is -3.82. The molecule has 3 heterocycles. The minimum Gasteiger partial charge on any atom is -0.274 e. The number of nitrogens with zero attached hydrogens (tertiary/aromatic N) is 5. The molecule has 0 N–H and O–H groups in total. The summed E-state index contributed by atoms with van der Waals surface area (Å²) in [6.07, 6.45) is 6.93. The fraction of sp³-hybridized carbons (Fsp3) is 0.267. The van der Waals surface area contributed by atoms with Crippen LogP contribution in [0.1, 0.15) is 28.7 Å². The predicted molar refractivity (Wildman–Crippen MR) is 149 cm³/mol. The van der Waals surface area contributed by atoms with Gasteiger partial charge in [-0.05, 0) is 79.3 Å². The van der Waals surface area contributed by atoms with Crippen molar-refractivity contribution in [3.63, 3.8) is 0 Å². The van der Waals surface area contributed by atoms with Gasteiger partial charge in [0.15, 0.2) is 0 Å². The van der Waals surface area contributed by atoms with Crippen LogP contribution in [0.25, 0.3) is 16.6 Å².